The number of aromatic nitrogens is 5. The van der Waals surface area contributed by atoms with Crippen LogP contribution in [0.3, 0.4) is 0 Å². The second kappa shape index (κ2) is 9.70. The first kappa shape index (κ1) is 23.2. The molecule has 188 valence electrons. The van der Waals surface area contributed by atoms with Gasteiger partial charge >= 0.3 is 0 Å². The van der Waals surface area contributed by atoms with Crippen molar-refractivity contribution in [1.82, 2.24) is 30.2 Å². The van der Waals surface area contributed by atoms with Crippen LogP contribution in [-0.4, -0.2) is 49.6 Å². The highest BCUT2D eigenvalue weighted by molar-refractivity contribution is 5.97. The maximum absolute atomic E-state index is 12.8. The van der Waals surface area contributed by atoms with Crippen LogP contribution in [0.2, 0.25) is 0 Å². The van der Waals surface area contributed by atoms with Crippen LogP contribution >= 0.6 is 0 Å². The number of para-hydroxylation sites is 2. The largest absolute Gasteiger partial charge is 0.507 e. The molecule has 4 N–H and O–H groups in total. The van der Waals surface area contributed by atoms with Crippen LogP contribution in [-0.2, 0) is 6.42 Å². The number of H-pyrrole nitrogens is 2. The molecule has 3 aromatic heterocycles. The monoisotopic (exact) mass is 504 g/mol. The van der Waals surface area contributed by atoms with Crippen molar-refractivity contribution in [2.45, 2.75) is 6.42 Å². The molecule has 0 atom stereocenters. The Morgan fingerprint density at radius 3 is 2.66 bits per heavy atom. The number of imidazole rings is 2. The number of pyridine rings is 1. The summed E-state index contributed by atoms with van der Waals surface area (Å²) in [5.74, 6) is 1.69. The summed E-state index contributed by atoms with van der Waals surface area (Å²) in [6, 6.07) is 22.1. The molecule has 0 radical (unpaired) electrons. The Balaban J connectivity index is 1.21. The van der Waals surface area contributed by atoms with Gasteiger partial charge in [0, 0.05) is 30.3 Å². The van der Waals surface area contributed by atoms with Crippen LogP contribution in [0.4, 0.5) is 0 Å². The highest BCUT2D eigenvalue weighted by atomic mass is 16.5. The smallest absolute Gasteiger partial charge is 0.251 e. The van der Waals surface area contributed by atoms with E-state index in [1.165, 1.54) is 0 Å². The predicted octanol–water partition coefficient (Wildman–Crippen LogP) is 4.85. The SMILES string of the molecule is COc1ncccc1-c1ccc(O)c(-c2nc3cc(C(=O)NCCc4nc5ccccc5[nH]4)ccc3[nH]2)c1. The van der Waals surface area contributed by atoms with Gasteiger partial charge in [0.25, 0.3) is 5.91 Å². The Morgan fingerprint density at radius 1 is 0.921 bits per heavy atom. The third-order valence-corrected chi connectivity index (χ3v) is 6.36. The molecule has 0 aliphatic rings. The molecule has 9 heteroatoms. The van der Waals surface area contributed by atoms with Gasteiger partial charge in [-0.2, -0.15) is 0 Å². The molecule has 3 aromatic carbocycles. The first-order valence-corrected chi connectivity index (χ1v) is 12.1. The summed E-state index contributed by atoms with van der Waals surface area (Å²) in [5.41, 5.74) is 5.91. The summed E-state index contributed by atoms with van der Waals surface area (Å²) in [6.07, 6.45) is 2.25. The van der Waals surface area contributed by atoms with E-state index in [-0.39, 0.29) is 11.7 Å². The van der Waals surface area contributed by atoms with Crippen molar-refractivity contribution < 1.29 is 14.6 Å². The van der Waals surface area contributed by atoms with Gasteiger partial charge in [-0.05, 0) is 60.2 Å². The van der Waals surface area contributed by atoms with Crippen molar-refractivity contribution >= 4 is 28.0 Å². The molecule has 0 aliphatic carbocycles. The molecule has 0 fully saturated rings. The number of aromatic amines is 2. The minimum absolute atomic E-state index is 0.0826. The maximum atomic E-state index is 12.8. The highest BCUT2D eigenvalue weighted by Gasteiger charge is 2.15. The van der Waals surface area contributed by atoms with Gasteiger partial charge in [-0.25, -0.2) is 15.0 Å². The van der Waals surface area contributed by atoms with Crippen molar-refractivity contribution in [1.29, 1.82) is 0 Å². The maximum Gasteiger partial charge on any atom is 0.251 e. The Labute approximate surface area is 217 Å². The number of phenolic OH excluding ortho intramolecular Hbond substituents is 1. The Bertz CT molecular complexity index is 1760. The van der Waals surface area contributed by atoms with Crippen LogP contribution in [0.5, 0.6) is 11.6 Å². The second-order valence-corrected chi connectivity index (χ2v) is 8.82. The van der Waals surface area contributed by atoms with Crippen LogP contribution in [0, 0.1) is 0 Å². The third-order valence-electron chi connectivity index (χ3n) is 6.36. The van der Waals surface area contributed by atoms with Crippen molar-refractivity contribution in [2.75, 3.05) is 13.7 Å². The lowest BCUT2D eigenvalue weighted by molar-refractivity contribution is 0.0954. The molecule has 3 heterocycles. The van der Waals surface area contributed by atoms with Gasteiger partial charge in [-0.3, -0.25) is 4.79 Å². The zero-order chi connectivity index (χ0) is 26.1. The molecule has 0 bridgehead atoms. The van der Waals surface area contributed by atoms with Crippen molar-refractivity contribution in [3.8, 4) is 34.1 Å². The standard InChI is InChI=1S/C29H24N6O3/c1-38-29-19(5-4-13-31-29)17-9-11-25(36)20(15-17)27-34-23-10-8-18(16-24(23)35-27)28(37)30-14-12-26-32-21-6-2-3-7-22(21)33-26/h2-11,13,15-16,36H,12,14H2,1H3,(H,30,37)(H,32,33)(H,34,35). The molecular weight excluding hydrogens is 480 g/mol. The lowest BCUT2D eigenvalue weighted by Gasteiger charge is -2.09. The molecule has 0 saturated heterocycles. The first-order valence-electron chi connectivity index (χ1n) is 12.1. The molecule has 6 aromatic rings. The summed E-state index contributed by atoms with van der Waals surface area (Å²) < 4.78 is 5.39. The predicted molar refractivity (Wildman–Crippen MR) is 145 cm³/mol. The van der Waals surface area contributed by atoms with Gasteiger partial charge in [0.05, 0.1) is 34.7 Å². The molecule has 6 rings (SSSR count). The van der Waals surface area contributed by atoms with Crippen molar-refractivity contribution in [2.24, 2.45) is 0 Å². The molecular formula is C29H24N6O3. The summed E-state index contributed by atoms with van der Waals surface area (Å²) in [4.78, 5) is 32.8. The lowest BCUT2D eigenvalue weighted by atomic mass is 10.0. The summed E-state index contributed by atoms with van der Waals surface area (Å²) in [5, 5.41) is 13.5. The number of amides is 1. The van der Waals surface area contributed by atoms with E-state index < -0.39 is 0 Å². The number of benzene rings is 3. The molecule has 9 nitrogen and oxygen atoms in total. The van der Waals surface area contributed by atoms with Crippen molar-refractivity contribution in [3.63, 3.8) is 0 Å². The van der Waals surface area contributed by atoms with E-state index in [1.54, 1.807) is 37.6 Å². The van der Waals surface area contributed by atoms with Gasteiger partial charge in [-0.1, -0.05) is 18.2 Å². The topological polar surface area (TPSA) is 129 Å². The number of carbonyl (C=O) groups excluding carboxylic acids is 1. The molecule has 0 aliphatic heterocycles. The molecule has 0 unspecified atom stereocenters. The number of phenols is 1. The normalized spacial score (nSPS) is 11.2. The van der Waals surface area contributed by atoms with Gasteiger partial charge < -0.3 is 25.1 Å². The van der Waals surface area contributed by atoms with E-state index in [1.807, 2.05) is 48.5 Å². The minimum atomic E-state index is -0.193. The van der Waals surface area contributed by atoms with Gasteiger partial charge in [-0.15, -0.1) is 0 Å². The number of nitrogens with zero attached hydrogens (tertiary/aromatic N) is 3. The van der Waals surface area contributed by atoms with Gasteiger partial charge in [0.2, 0.25) is 5.88 Å². The number of carbonyl (C=O) groups is 1. The molecule has 1 amide bonds. The van der Waals surface area contributed by atoms with Crippen LogP contribution in [0.25, 0.3) is 44.6 Å². The van der Waals surface area contributed by atoms with Crippen LogP contribution in [0.1, 0.15) is 16.2 Å². The fourth-order valence-corrected chi connectivity index (χ4v) is 4.46. The number of rotatable bonds is 7. The van der Waals surface area contributed by atoms with Crippen LogP contribution < -0.4 is 10.1 Å². The van der Waals surface area contributed by atoms with E-state index in [9.17, 15) is 9.90 Å². The first-order chi connectivity index (χ1) is 18.6. The number of methoxy groups -OCH3 is 1. The number of nitrogens with one attached hydrogen (secondary N) is 3. The van der Waals surface area contributed by atoms with E-state index in [0.717, 1.165) is 33.5 Å². The van der Waals surface area contributed by atoms with Crippen LogP contribution in [0.15, 0.2) is 79.0 Å². The Kier molecular flexibility index (Phi) is 5.93. The van der Waals surface area contributed by atoms with Crippen molar-refractivity contribution in [3.05, 3.63) is 90.4 Å². The van der Waals surface area contributed by atoms with Gasteiger partial charge in [0.1, 0.15) is 17.4 Å². The van der Waals surface area contributed by atoms with E-state index in [0.29, 0.717) is 41.3 Å². The number of aromatic hydroxyl groups is 1. The average molecular weight is 505 g/mol. The molecule has 38 heavy (non-hydrogen) atoms. The number of hydrogen-bond acceptors (Lipinski definition) is 6. The molecule has 0 saturated carbocycles. The fourth-order valence-electron chi connectivity index (χ4n) is 4.46. The Hall–Kier alpha value is -5.18. The lowest BCUT2D eigenvalue weighted by Crippen LogP contribution is -2.25. The van der Waals surface area contributed by atoms with E-state index in [2.05, 4.69) is 30.2 Å². The minimum Gasteiger partial charge on any atom is -0.507 e. The fraction of sp³-hybridized carbons (Fsp3) is 0.103. The van der Waals surface area contributed by atoms with E-state index in [4.69, 9.17) is 4.74 Å². The second-order valence-electron chi connectivity index (χ2n) is 8.82. The number of ether oxygens (including phenoxy) is 1. The summed E-state index contributed by atoms with van der Waals surface area (Å²) in [6.45, 7) is 0.445. The van der Waals surface area contributed by atoms with Gasteiger partial charge in [0.15, 0.2) is 0 Å². The zero-order valence-electron chi connectivity index (χ0n) is 20.5. The Morgan fingerprint density at radius 2 is 1.79 bits per heavy atom. The highest BCUT2D eigenvalue weighted by Crippen LogP contribution is 2.35. The summed E-state index contributed by atoms with van der Waals surface area (Å²) in [7, 11) is 1.57. The number of fused-ring (bicyclic) bond motifs is 2. The average Bonchev–Trinajstić information content (AvgIpc) is 3.56. The molecule has 0 spiro atoms. The summed E-state index contributed by atoms with van der Waals surface area (Å²) >= 11 is 0. The third kappa shape index (κ3) is 4.41. The van der Waals surface area contributed by atoms with E-state index >= 15 is 0 Å². The zero-order valence-corrected chi connectivity index (χ0v) is 20.5. The number of hydrogen-bond donors (Lipinski definition) is 4. The quantitative estimate of drug-likeness (QED) is 0.246.